The van der Waals surface area contributed by atoms with Crippen molar-refractivity contribution in [2.75, 3.05) is 0 Å². The number of aromatic nitrogens is 2. The third-order valence-corrected chi connectivity index (χ3v) is 4.13. The highest BCUT2D eigenvalue weighted by atomic mass is 32.1. The van der Waals surface area contributed by atoms with Gasteiger partial charge in [-0.15, -0.1) is 11.3 Å². The topological polar surface area (TPSA) is 29.3 Å². The monoisotopic (exact) mass is 257 g/mol. The Balaban J connectivity index is 1.73. The fourth-order valence-corrected chi connectivity index (χ4v) is 2.78. The molecule has 92 valence electrons. The maximum absolute atomic E-state index is 4.34. The van der Waals surface area contributed by atoms with Crippen molar-refractivity contribution in [2.24, 2.45) is 0 Å². The molecule has 3 heterocycles. The molecule has 0 amide bonds. The van der Waals surface area contributed by atoms with E-state index >= 15 is 0 Å². The molecule has 1 atom stereocenters. The largest absolute Gasteiger partial charge is 0.305 e. The summed E-state index contributed by atoms with van der Waals surface area (Å²) < 4.78 is 1.91. The number of pyridine rings is 1. The molecule has 3 rings (SSSR count). The highest BCUT2D eigenvalue weighted by Gasteiger charge is 2.08. The fraction of sp³-hybridized carbons (Fsp3) is 0.214. The van der Waals surface area contributed by atoms with Crippen molar-refractivity contribution in [2.45, 2.75) is 19.5 Å². The van der Waals surface area contributed by atoms with Crippen molar-refractivity contribution in [1.82, 2.24) is 14.9 Å². The van der Waals surface area contributed by atoms with Crippen LogP contribution in [0.4, 0.5) is 0 Å². The summed E-state index contributed by atoms with van der Waals surface area (Å²) in [4.78, 5) is 1.37. The predicted octanol–water partition coefficient (Wildman–Crippen LogP) is 3.25. The fourth-order valence-electron chi connectivity index (χ4n) is 2.02. The van der Waals surface area contributed by atoms with Gasteiger partial charge in [-0.1, -0.05) is 12.1 Å². The van der Waals surface area contributed by atoms with E-state index in [1.54, 1.807) is 11.3 Å². The van der Waals surface area contributed by atoms with Crippen LogP contribution in [0.25, 0.3) is 5.52 Å². The Labute approximate surface area is 110 Å². The zero-order chi connectivity index (χ0) is 12.4. The van der Waals surface area contributed by atoms with Gasteiger partial charge in [0.15, 0.2) is 0 Å². The maximum Gasteiger partial charge on any atom is 0.0706 e. The zero-order valence-electron chi connectivity index (χ0n) is 10.2. The van der Waals surface area contributed by atoms with E-state index in [0.717, 1.165) is 6.54 Å². The van der Waals surface area contributed by atoms with E-state index in [9.17, 15) is 0 Å². The molecule has 0 unspecified atom stereocenters. The first-order valence-electron chi connectivity index (χ1n) is 6.02. The lowest BCUT2D eigenvalue weighted by molar-refractivity contribution is 0.584. The van der Waals surface area contributed by atoms with E-state index in [1.165, 1.54) is 16.0 Å². The number of hydrogen-bond donors (Lipinski definition) is 1. The Kier molecular flexibility index (Phi) is 3.13. The van der Waals surface area contributed by atoms with Gasteiger partial charge in [0.2, 0.25) is 0 Å². The van der Waals surface area contributed by atoms with Gasteiger partial charge in [-0.2, -0.15) is 5.10 Å². The Morgan fingerprint density at radius 3 is 3.11 bits per heavy atom. The van der Waals surface area contributed by atoms with Crippen LogP contribution in [0.5, 0.6) is 0 Å². The standard InChI is InChI=1S/C14H15N3S/c1-11(14-6-4-8-18-14)15-9-12-10-16-17-7-3-2-5-13(12)17/h2-8,10-11,15H,9H2,1H3/t11-/m0/s1. The van der Waals surface area contributed by atoms with Gasteiger partial charge in [-0.3, -0.25) is 0 Å². The molecule has 3 aromatic heterocycles. The van der Waals surface area contributed by atoms with E-state index in [4.69, 9.17) is 0 Å². The lowest BCUT2D eigenvalue weighted by atomic mass is 10.2. The zero-order valence-corrected chi connectivity index (χ0v) is 11.0. The molecule has 0 aliphatic rings. The Morgan fingerprint density at radius 1 is 1.33 bits per heavy atom. The van der Waals surface area contributed by atoms with Crippen molar-refractivity contribution in [3.63, 3.8) is 0 Å². The quantitative estimate of drug-likeness (QED) is 0.777. The highest BCUT2D eigenvalue weighted by molar-refractivity contribution is 7.10. The molecule has 3 aromatic rings. The summed E-state index contributed by atoms with van der Waals surface area (Å²) >= 11 is 1.79. The Bertz CT molecular complexity index is 627. The molecule has 0 fully saturated rings. The predicted molar refractivity (Wildman–Crippen MR) is 74.8 cm³/mol. The van der Waals surface area contributed by atoms with Crippen LogP contribution in [0.2, 0.25) is 0 Å². The lowest BCUT2D eigenvalue weighted by Gasteiger charge is -2.11. The molecule has 0 spiro atoms. The number of rotatable bonds is 4. The van der Waals surface area contributed by atoms with E-state index in [2.05, 4.69) is 40.9 Å². The van der Waals surface area contributed by atoms with Gasteiger partial charge in [0.25, 0.3) is 0 Å². The van der Waals surface area contributed by atoms with Crippen molar-refractivity contribution >= 4 is 16.9 Å². The van der Waals surface area contributed by atoms with Crippen LogP contribution < -0.4 is 5.32 Å². The molecule has 0 aliphatic heterocycles. The molecule has 18 heavy (non-hydrogen) atoms. The maximum atomic E-state index is 4.34. The number of nitrogens with one attached hydrogen (secondary N) is 1. The van der Waals surface area contributed by atoms with Gasteiger partial charge in [0, 0.05) is 29.2 Å². The van der Waals surface area contributed by atoms with E-state index in [-0.39, 0.29) is 0 Å². The minimum absolute atomic E-state index is 0.378. The lowest BCUT2D eigenvalue weighted by Crippen LogP contribution is -2.16. The molecule has 0 aromatic carbocycles. The molecule has 1 N–H and O–H groups in total. The van der Waals surface area contributed by atoms with Gasteiger partial charge in [0.05, 0.1) is 11.7 Å². The highest BCUT2D eigenvalue weighted by Crippen LogP contribution is 2.19. The van der Waals surface area contributed by atoms with E-state index in [0.29, 0.717) is 6.04 Å². The van der Waals surface area contributed by atoms with Crippen molar-refractivity contribution in [1.29, 1.82) is 0 Å². The molecular weight excluding hydrogens is 242 g/mol. The van der Waals surface area contributed by atoms with Gasteiger partial charge in [0.1, 0.15) is 0 Å². The summed E-state index contributed by atoms with van der Waals surface area (Å²) in [6, 6.07) is 10.8. The molecule has 0 radical (unpaired) electrons. The van der Waals surface area contributed by atoms with Crippen LogP contribution in [0.3, 0.4) is 0 Å². The van der Waals surface area contributed by atoms with Gasteiger partial charge < -0.3 is 5.32 Å². The Hall–Kier alpha value is -1.65. The van der Waals surface area contributed by atoms with E-state index in [1.807, 2.05) is 29.0 Å². The summed E-state index contributed by atoms with van der Waals surface area (Å²) in [6.07, 6.45) is 3.91. The molecule has 0 saturated carbocycles. The van der Waals surface area contributed by atoms with E-state index < -0.39 is 0 Å². The Morgan fingerprint density at radius 2 is 2.28 bits per heavy atom. The van der Waals surface area contributed by atoms with Crippen molar-refractivity contribution in [3.8, 4) is 0 Å². The summed E-state index contributed by atoms with van der Waals surface area (Å²) in [7, 11) is 0. The normalized spacial score (nSPS) is 12.9. The average molecular weight is 257 g/mol. The molecular formula is C14H15N3S. The van der Waals surface area contributed by atoms with Gasteiger partial charge >= 0.3 is 0 Å². The second-order valence-electron chi connectivity index (χ2n) is 4.32. The number of hydrogen-bond acceptors (Lipinski definition) is 3. The van der Waals surface area contributed by atoms with Crippen LogP contribution in [-0.2, 0) is 6.54 Å². The third-order valence-electron chi connectivity index (χ3n) is 3.07. The van der Waals surface area contributed by atoms with Gasteiger partial charge in [-0.05, 0) is 30.5 Å². The SMILES string of the molecule is C[C@H](NCc1cnn2ccccc12)c1cccs1. The number of fused-ring (bicyclic) bond motifs is 1. The first kappa shape index (κ1) is 11.4. The summed E-state index contributed by atoms with van der Waals surface area (Å²) in [5, 5.41) is 9.99. The molecule has 4 heteroatoms. The van der Waals surface area contributed by atoms with Crippen LogP contribution in [-0.4, -0.2) is 9.61 Å². The molecule has 0 aliphatic carbocycles. The van der Waals surface area contributed by atoms with Gasteiger partial charge in [-0.25, -0.2) is 4.52 Å². The summed E-state index contributed by atoms with van der Waals surface area (Å²) in [5.41, 5.74) is 2.40. The molecule has 0 bridgehead atoms. The van der Waals surface area contributed by atoms with Crippen LogP contribution >= 0.6 is 11.3 Å². The van der Waals surface area contributed by atoms with Crippen molar-refractivity contribution < 1.29 is 0 Å². The first-order valence-corrected chi connectivity index (χ1v) is 6.90. The van der Waals surface area contributed by atoms with Crippen LogP contribution in [0, 0.1) is 0 Å². The number of nitrogens with zero attached hydrogens (tertiary/aromatic N) is 2. The summed E-state index contributed by atoms with van der Waals surface area (Å²) in [6.45, 7) is 3.03. The minimum atomic E-state index is 0.378. The van der Waals surface area contributed by atoms with Crippen LogP contribution in [0.15, 0.2) is 48.1 Å². The molecule has 0 saturated heterocycles. The summed E-state index contributed by atoms with van der Waals surface area (Å²) in [5.74, 6) is 0. The minimum Gasteiger partial charge on any atom is -0.305 e. The average Bonchev–Trinajstić information content (AvgIpc) is 3.06. The van der Waals surface area contributed by atoms with Crippen molar-refractivity contribution in [3.05, 3.63) is 58.5 Å². The van der Waals surface area contributed by atoms with Crippen LogP contribution in [0.1, 0.15) is 23.4 Å². The second kappa shape index (κ2) is 4.92. The smallest absolute Gasteiger partial charge is 0.0706 e. The third kappa shape index (κ3) is 2.17. The molecule has 3 nitrogen and oxygen atoms in total. The number of thiophene rings is 1. The second-order valence-corrected chi connectivity index (χ2v) is 5.30. The first-order chi connectivity index (χ1) is 8.84.